The SMILES string of the molecule is O=C(CCCCCCCc1cccc2ccccc12)NO. The van der Waals surface area contributed by atoms with Crippen LogP contribution in [0, 0.1) is 0 Å². The van der Waals surface area contributed by atoms with Gasteiger partial charge < -0.3 is 0 Å². The zero-order valence-corrected chi connectivity index (χ0v) is 12.3. The lowest BCUT2D eigenvalue weighted by Gasteiger charge is -2.06. The van der Waals surface area contributed by atoms with E-state index in [-0.39, 0.29) is 5.91 Å². The fourth-order valence-corrected chi connectivity index (χ4v) is 2.70. The summed E-state index contributed by atoms with van der Waals surface area (Å²) in [6.07, 6.45) is 6.93. The van der Waals surface area contributed by atoms with E-state index in [4.69, 9.17) is 5.21 Å². The highest BCUT2D eigenvalue weighted by atomic mass is 16.5. The fourth-order valence-electron chi connectivity index (χ4n) is 2.70. The van der Waals surface area contributed by atoms with Crippen molar-refractivity contribution in [1.82, 2.24) is 5.48 Å². The van der Waals surface area contributed by atoms with Gasteiger partial charge in [-0.3, -0.25) is 10.0 Å². The summed E-state index contributed by atoms with van der Waals surface area (Å²) in [7, 11) is 0. The Morgan fingerprint density at radius 1 is 0.905 bits per heavy atom. The minimum atomic E-state index is -0.286. The molecule has 0 heterocycles. The summed E-state index contributed by atoms with van der Waals surface area (Å²) >= 11 is 0. The molecule has 0 saturated carbocycles. The normalized spacial score (nSPS) is 10.7. The number of fused-ring (bicyclic) bond motifs is 1. The highest BCUT2D eigenvalue weighted by Gasteiger charge is 2.01. The molecular formula is C18H23NO2. The molecule has 0 fully saturated rings. The minimum Gasteiger partial charge on any atom is -0.289 e. The van der Waals surface area contributed by atoms with Crippen LogP contribution in [0.2, 0.25) is 0 Å². The molecule has 0 aliphatic rings. The molecule has 0 saturated heterocycles. The van der Waals surface area contributed by atoms with E-state index in [1.54, 1.807) is 5.48 Å². The molecule has 1 amide bonds. The average Bonchev–Trinajstić information content (AvgIpc) is 2.53. The van der Waals surface area contributed by atoms with Gasteiger partial charge >= 0.3 is 0 Å². The van der Waals surface area contributed by atoms with Crippen molar-refractivity contribution in [3.05, 3.63) is 48.0 Å². The molecule has 0 unspecified atom stereocenters. The second kappa shape index (κ2) is 8.42. The molecule has 3 nitrogen and oxygen atoms in total. The van der Waals surface area contributed by atoms with Gasteiger partial charge in [-0.15, -0.1) is 0 Å². The lowest BCUT2D eigenvalue weighted by atomic mass is 9.99. The molecule has 2 aromatic rings. The van der Waals surface area contributed by atoms with Crippen molar-refractivity contribution in [2.24, 2.45) is 0 Å². The van der Waals surface area contributed by atoms with Gasteiger partial charge in [0, 0.05) is 6.42 Å². The van der Waals surface area contributed by atoms with Crippen LogP contribution in [0.5, 0.6) is 0 Å². The van der Waals surface area contributed by atoms with Crippen molar-refractivity contribution in [3.63, 3.8) is 0 Å². The van der Waals surface area contributed by atoms with Crippen molar-refractivity contribution in [1.29, 1.82) is 0 Å². The zero-order valence-electron chi connectivity index (χ0n) is 12.3. The van der Waals surface area contributed by atoms with Crippen LogP contribution in [0.3, 0.4) is 0 Å². The lowest BCUT2D eigenvalue weighted by Crippen LogP contribution is -2.17. The summed E-state index contributed by atoms with van der Waals surface area (Å²) in [6, 6.07) is 15.0. The number of hydrogen-bond donors (Lipinski definition) is 2. The molecule has 3 heteroatoms. The summed E-state index contributed by atoms with van der Waals surface area (Å²) in [5.41, 5.74) is 3.09. The molecule has 0 atom stereocenters. The van der Waals surface area contributed by atoms with Gasteiger partial charge in [-0.25, -0.2) is 5.48 Å². The molecule has 0 spiro atoms. The Balaban J connectivity index is 1.70. The summed E-state index contributed by atoms with van der Waals surface area (Å²) in [5.74, 6) is -0.286. The van der Waals surface area contributed by atoms with Gasteiger partial charge in [-0.2, -0.15) is 0 Å². The first-order chi connectivity index (χ1) is 10.3. The van der Waals surface area contributed by atoms with E-state index in [1.165, 1.54) is 29.2 Å². The summed E-state index contributed by atoms with van der Waals surface area (Å²) < 4.78 is 0. The number of carbonyl (C=O) groups excluding carboxylic acids is 1. The van der Waals surface area contributed by atoms with Gasteiger partial charge in [0.25, 0.3) is 0 Å². The maximum Gasteiger partial charge on any atom is 0.243 e. The van der Waals surface area contributed by atoms with Crippen LogP contribution in [0.4, 0.5) is 0 Å². The molecule has 112 valence electrons. The first-order valence-electron chi connectivity index (χ1n) is 7.71. The molecule has 0 bridgehead atoms. The van der Waals surface area contributed by atoms with Gasteiger partial charge in [-0.1, -0.05) is 61.7 Å². The third kappa shape index (κ3) is 4.87. The number of unbranched alkanes of at least 4 members (excludes halogenated alkanes) is 4. The third-order valence-corrected chi connectivity index (χ3v) is 3.85. The standard InChI is InChI=1S/C18H23NO2/c20-18(19-21)14-5-3-1-2-4-9-15-11-8-12-16-10-6-7-13-17(15)16/h6-8,10-13,21H,1-5,9,14H2,(H,19,20). The van der Waals surface area contributed by atoms with E-state index in [0.29, 0.717) is 6.42 Å². The van der Waals surface area contributed by atoms with Crippen LogP contribution in [-0.2, 0) is 11.2 Å². The van der Waals surface area contributed by atoms with Crippen LogP contribution in [0.1, 0.15) is 44.1 Å². The van der Waals surface area contributed by atoms with E-state index in [9.17, 15) is 4.79 Å². The second-order valence-electron chi connectivity index (χ2n) is 5.44. The largest absolute Gasteiger partial charge is 0.289 e. The van der Waals surface area contributed by atoms with Crippen molar-refractivity contribution < 1.29 is 10.0 Å². The van der Waals surface area contributed by atoms with Crippen molar-refractivity contribution in [2.75, 3.05) is 0 Å². The third-order valence-electron chi connectivity index (χ3n) is 3.85. The predicted octanol–water partition coefficient (Wildman–Crippen LogP) is 4.23. The van der Waals surface area contributed by atoms with Gasteiger partial charge in [-0.05, 0) is 35.6 Å². The first kappa shape index (κ1) is 15.5. The number of hydroxylamine groups is 1. The molecule has 0 aliphatic heterocycles. The molecule has 2 aromatic carbocycles. The van der Waals surface area contributed by atoms with Crippen LogP contribution in [0.25, 0.3) is 10.8 Å². The highest BCUT2D eigenvalue weighted by molar-refractivity contribution is 5.85. The van der Waals surface area contributed by atoms with E-state index in [2.05, 4.69) is 42.5 Å². The van der Waals surface area contributed by atoms with E-state index in [1.807, 2.05) is 0 Å². The molecular weight excluding hydrogens is 262 g/mol. The molecule has 0 aliphatic carbocycles. The maximum atomic E-state index is 10.8. The Morgan fingerprint density at radius 3 is 2.48 bits per heavy atom. The van der Waals surface area contributed by atoms with Crippen molar-refractivity contribution in [3.8, 4) is 0 Å². The number of benzene rings is 2. The zero-order chi connectivity index (χ0) is 14.9. The van der Waals surface area contributed by atoms with Crippen LogP contribution >= 0.6 is 0 Å². The second-order valence-corrected chi connectivity index (χ2v) is 5.44. The Kier molecular flexibility index (Phi) is 6.22. The fraction of sp³-hybridized carbons (Fsp3) is 0.389. The average molecular weight is 285 g/mol. The van der Waals surface area contributed by atoms with E-state index < -0.39 is 0 Å². The topological polar surface area (TPSA) is 49.3 Å². The van der Waals surface area contributed by atoms with Gasteiger partial charge in [0.15, 0.2) is 0 Å². The molecule has 2 rings (SSSR count). The molecule has 21 heavy (non-hydrogen) atoms. The Labute approximate surface area is 125 Å². The monoisotopic (exact) mass is 285 g/mol. The quantitative estimate of drug-likeness (QED) is 0.433. The Morgan fingerprint density at radius 2 is 1.62 bits per heavy atom. The Hall–Kier alpha value is -1.87. The smallest absolute Gasteiger partial charge is 0.243 e. The molecule has 0 aromatic heterocycles. The summed E-state index contributed by atoms with van der Waals surface area (Å²) in [5, 5.41) is 11.1. The number of hydrogen-bond acceptors (Lipinski definition) is 2. The lowest BCUT2D eigenvalue weighted by molar-refractivity contribution is -0.129. The Bertz CT molecular complexity index is 575. The molecule has 2 N–H and O–H groups in total. The van der Waals surface area contributed by atoms with Gasteiger partial charge in [0.05, 0.1) is 0 Å². The number of aryl methyl sites for hydroxylation is 1. The summed E-state index contributed by atoms with van der Waals surface area (Å²) in [6.45, 7) is 0. The van der Waals surface area contributed by atoms with Crippen molar-refractivity contribution >= 4 is 16.7 Å². The van der Waals surface area contributed by atoms with Crippen LogP contribution in [0.15, 0.2) is 42.5 Å². The van der Waals surface area contributed by atoms with Crippen molar-refractivity contribution in [2.45, 2.75) is 44.9 Å². The maximum absolute atomic E-state index is 10.8. The van der Waals surface area contributed by atoms with E-state index >= 15 is 0 Å². The summed E-state index contributed by atoms with van der Waals surface area (Å²) in [4.78, 5) is 10.8. The number of rotatable bonds is 8. The number of carbonyl (C=O) groups is 1. The van der Waals surface area contributed by atoms with Crippen LogP contribution < -0.4 is 5.48 Å². The minimum absolute atomic E-state index is 0.286. The van der Waals surface area contributed by atoms with Gasteiger partial charge in [0.1, 0.15) is 0 Å². The first-order valence-corrected chi connectivity index (χ1v) is 7.71. The number of nitrogens with one attached hydrogen (secondary N) is 1. The molecule has 0 radical (unpaired) electrons. The van der Waals surface area contributed by atoms with Gasteiger partial charge in [0.2, 0.25) is 5.91 Å². The predicted molar refractivity (Wildman–Crippen MR) is 85.3 cm³/mol. The van der Waals surface area contributed by atoms with Crippen LogP contribution in [-0.4, -0.2) is 11.1 Å². The number of amides is 1. The highest BCUT2D eigenvalue weighted by Crippen LogP contribution is 2.20. The van der Waals surface area contributed by atoms with E-state index in [0.717, 1.165) is 25.7 Å².